The van der Waals surface area contributed by atoms with Gasteiger partial charge in [0.25, 0.3) is 5.91 Å². The Bertz CT molecular complexity index is 815. The minimum absolute atomic E-state index is 0.208. The average Bonchev–Trinajstić information content (AvgIpc) is 3.14. The second-order valence-corrected chi connectivity index (χ2v) is 8.60. The summed E-state index contributed by atoms with van der Waals surface area (Å²) in [5.41, 5.74) is 2.34. The van der Waals surface area contributed by atoms with Gasteiger partial charge in [-0.15, -0.1) is 0 Å². The van der Waals surface area contributed by atoms with Crippen molar-refractivity contribution in [1.82, 2.24) is 9.21 Å². The molecule has 2 aliphatic rings. The van der Waals surface area contributed by atoms with E-state index >= 15 is 0 Å². The lowest BCUT2D eigenvalue weighted by Gasteiger charge is -2.34. The lowest BCUT2D eigenvalue weighted by Crippen LogP contribution is -2.51. The molecule has 1 aromatic rings. The average molecular weight is 396 g/mol. The molecule has 8 nitrogen and oxygen atoms in total. The van der Waals surface area contributed by atoms with Crippen LogP contribution in [0.25, 0.3) is 0 Å². The van der Waals surface area contributed by atoms with E-state index in [4.69, 9.17) is 4.74 Å². The predicted molar refractivity (Wildman–Crippen MR) is 96.6 cm³/mol. The monoisotopic (exact) mass is 396 g/mol. The second kappa shape index (κ2) is 8.37. The number of nitrogens with zero attached hydrogens (tertiary/aromatic N) is 2. The number of esters is 1. The van der Waals surface area contributed by atoms with E-state index in [-0.39, 0.29) is 45.3 Å². The lowest BCUT2D eigenvalue weighted by atomic mass is 10.1. The maximum absolute atomic E-state index is 12.9. The van der Waals surface area contributed by atoms with Crippen LogP contribution in [0.2, 0.25) is 0 Å². The first kappa shape index (κ1) is 19.8. The molecule has 0 bridgehead atoms. The summed E-state index contributed by atoms with van der Waals surface area (Å²) in [5, 5.41) is 0. The molecule has 1 amide bonds. The van der Waals surface area contributed by atoms with Crippen LogP contribution in [0, 0.1) is 0 Å². The summed E-state index contributed by atoms with van der Waals surface area (Å²) in [6, 6.07) is 5.36. The predicted octanol–water partition coefficient (Wildman–Crippen LogP) is 0.198. The molecule has 1 aliphatic carbocycles. The molecule has 9 heteroatoms. The van der Waals surface area contributed by atoms with Crippen LogP contribution in [0.3, 0.4) is 0 Å². The molecular weight excluding hydrogens is 372 g/mol. The van der Waals surface area contributed by atoms with Crippen LogP contribution < -0.4 is 0 Å². The van der Waals surface area contributed by atoms with Crippen molar-refractivity contribution in [2.75, 3.05) is 46.5 Å². The zero-order chi connectivity index (χ0) is 19.4. The fourth-order valence-electron chi connectivity index (χ4n) is 3.43. The summed E-state index contributed by atoms with van der Waals surface area (Å²) in [6.07, 6.45) is 2.99. The summed E-state index contributed by atoms with van der Waals surface area (Å²) >= 11 is 0. The van der Waals surface area contributed by atoms with Crippen LogP contribution in [0.1, 0.15) is 17.5 Å². The van der Waals surface area contributed by atoms with E-state index < -0.39 is 16.0 Å². The van der Waals surface area contributed by atoms with Gasteiger partial charge in [0.2, 0.25) is 10.0 Å². The molecular formula is C18H24N2O6S. The highest BCUT2D eigenvalue weighted by molar-refractivity contribution is 7.89. The van der Waals surface area contributed by atoms with E-state index in [1.807, 2.05) is 6.07 Å². The van der Waals surface area contributed by atoms with Gasteiger partial charge in [-0.05, 0) is 42.5 Å². The van der Waals surface area contributed by atoms with Gasteiger partial charge in [0.1, 0.15) is 6.61 Å². The number of methoxy groups -OCH3 is 1. The fourth-order valence-corrected chi connectivity index (χ4v) is 4.90. The smallest absolute Gasteiger partial charge is 0.332 e. The number of ether oxygens (including phenoxy) is 2. The molecule has 27 heavy (non-hydrogen) atoms. The Kier molecular flexibility index (Phi) is 6.13. The summed E-state index contributed by atoms with van der Waals surface area (Å²) < 4.78 is 36.6. The molecule has 1 aliphatic heterocycles. The minimum Gasteiger partial charge on any atom is -0.454 e. The normalized spacial score (nSPS) is 17.6. The first-order chi connectivity index (χ1) is 12.9. The van der Waals surface area contributed by atoms with E-state index in [0.29, 0.717) is 4.90 Å². The molecule has 0 radical (unpaired) electrons. The SMILES string of the molecule is COCC(=O)OCC(=O)N1CCN(S(=O)(=O)c2ccc3c(c2)CCC3)CC1. The fraction of sp³-hybridized carbons (Fsp3) is 0.556. The molecule has 0 spiro atoms. The number of hydrogen-bond acceptors (Lipinski definition) is 6. The van der Waals surface area contributed by atoms with Gasteiger partial charge >= 0.3 is 5.97 Å². The van der Waals surface area contributed by atoms with Crippen LogP contribution in [-0.2, 0) is 41.9 Å². The Morgan fingerprint density at radius 2 is 1.74 bits per heavy atom. The zero-order valence-corrected chi connectivity index (χ0v) is 16.2. The maximum Gasteiger partial charge on any atom is 0.332 e. The second-order valence-electron chi connectivity index (χ2n) is 6.66. The Hall–Kier alpha value is -1.97. The summed E-state index contributed by atoms with van der Waals surface area (Å²) in [5.74, 6) is -0.947. The number of carbonyl (C=O) groups excluding carboxylic acids is 2. The van der Waals surface area contributed by atoms with Gasteiger partial charge in [-0.2, -0.15) is 4.31 Å². The molecule has 0 saturated carbocycles. The molecule has 0 aromatic heterocycles. The molecule has 1 aromatic carbocycles. The van der Waals surface area contributed by atoms with Gasteiger partial charge < -0.3 is 14.4 Å². The van der Waals surface area contributed by atoms with E-state index in [1.165, 1.54) is 21.9 Å². The van der Waals surface area contributed by atoms with Crippen LogP contribution in [0.5, 0.6) is 0 Å². The van der Waals surface area contributed by atoms with Crippen LogP contribution in [-0.4, -0.2) is 76.0 Å². The van der Waals surface area contributed by atoms with Gasteiger partial charge in [0, 0.05) is 33.3 Å². The summed E-state index contributed by atoms with van der Waals surface area (Å²) in [4.78, 5) is 25.2. The number of fused-ring (bicyclic) bond motifs is 1. The van der Waals surface area contributed by atoms with E-state index in [9.17, 15) is 18.0 Å². The molecule has 1 saturated heterocycles. The summed E-state index contributed by atoms with van der Waals surface area (Å²) in [6.45, 7) is 0.407. The highest BCUT2D eigenvalue weighted by Gasteiger charge is 2.31. The molecule has 1 fully saturated rings. The van der Waals surface area contributed by atoms with Gasteiger partial charge in [-0.1, -0.05) is 6.07 Å². The van der Waals surface area contributed by atoms with Crippen molar-refractivity contribution in [2.45, 2.75) is 24.2 Å². The molecule has 148 valence electrons. The third kappa shape index (κ3) is 4.48. The number of carbonyl (C=O) groups is 2. The summed E-state index contributed by atoms with van der Waals surface area (Å²) in [7, 11) is -2.21. The molecule has 3 rings (SSSR count). The van der Waals surface area contributed by atoms with Gasteiger partial charge in [-0.25, -0.2) is 13.2 Å². The third-order valence-electron chi connectivity index (χ3n) is 4.92. The molecule has 0 atom stereocenters. The van der Waals surface area contributed by atoms with Crippen LogP contribution in [0.15, 0.2) is 23.1 Å². The van der Waals surface area contributed by atoms with Crippen LogP contribution >= 0.6 is 0 Å². The highest BCUT2D eigenvalue weighted by Crippen LogP contribution is 2.26. The van der Waals surface area contributed by atoms with Gasteiger partial charge in [0.05, 0.1) is 4.90 Å². The van der Waals surface area contributed by atoms with Crippen LogP contribution in [0.4, 0.5) is 0 Å². The number of sulfonamides is 1. The maximum atomic E-state index is 12.9. The van der Waals surface area contributed by atoms with Crippen molar-refractivity contribution in [3.05, 3.63) is 29.3 Å². The van der Waals surface area contributed by atoms with Crippen molar-refractivity contribution in [2.24, 2.45) is 0 Å². The molecule has 0 unspecified atom stereocenters. The Labute approximate surface area is 159 Å². The Morgan fingerprint density at radius 1 is 1.04 bits per heavy atom. The third-order valence-corrected chi connectivity index (χ3v) is 6.81. The number of piperazine rings is 1. The Morgan fingerprint density at radius 3 is 2.44 bits per heavy atom. The quantitative estimate of drug-likeness (QED) is 0.638. The standard InChI is InChI=1S/C18H24N2O6S/c1-25-13-18(22)26-12-17(21)19-7-9-20(10-8-19)27(23,24)16-6-5-14-3-2-4-15(14)11-16/h5-6,11H,2-4,7-10,12-13H2,1H3. The lowest BCUT2D eigenvalue weighted by molar-refractivity contribution is -0.155. The van der Waals surface area contributed by atoms with E-state index in [1.54, 1.807) is 12.1 Å². The molecule has 0 N–H and O–H groups in total. The molecule has 1 heterocycles. The largest absolute Gasteiger partial charge is 0.454 e. The first-order valence-corrected chi connectivity index (χ1v) is 10.4. The first-order valence-electron chi connectivity index (χ1n) is 8.96. The highest BCUT2D eigenvalue weighted by atomic mass is 32.2. The van der Waals surface area contributed by atoms with Crippen molar-refractivity contribution in [3.63, 3.8) is 0 Å². The van der Waals surface area contributed by atoms with Crippen molar-refractivity contribution in [1.29, 1.82) is 0 Å². The number of hydrogen-bond donors (Lipinski definition) is 0. The van der Waals surface area contributed by atoms with Gasteiger partial charge in [0.15, 0.2) is 6.61 Å². The van der Waals surface area contributed by atoms with E-state index in [0.717, 1.165) is 24.8 Å². The number of rotatable bonds is 6. The van der Waals surface area contributed by atoms with Crippen molar-refractivity contribution >= 4 is 21.9 Å². The van der Waals surface area contributed by atoms with Gasteiger partial charge in [-0.3, -0.25) is 4.79 Å². The minimum atomic E-state index is -3.57. The van der Waals surface area contributed by atoms with E-state index in [2.05, 4.69) is 4.74 Å². The van der Waals surface area contributed by atoms with Crippen molar-refractivity contribution in [3.8, 4) is 0 Å². The topological polar surface area (TPSA) is 93.2 Å². The number of benzene rings is 1. The van der Waals surface area contributed by atoms with Crippen molar-refractivity contribution < 1.29 is 27.5 Å². The number of amides is 1. The zero-order valence-electron chi connectivity index (χ0n) is 15.3. The Balaban J connectivity index is 1.56. The number of aryl methyl sites for hydroxylation is 2.